The maximum absolute atomic E-state index is 12.8. The van der Waals surface area contributed by atoms with Gasteiger partial charge in [-0.25, -0.2) is 0 Å². The van der Waals surface area contributed by atoms with Crippen molar-refractivity contribution in [2.75, 3.05) is 14.2 Å². The van der Waals surface area contributed by atoms with Crippen LogP contribution in [0.4, 0.5) is 0 Å². The fourth-order valence-corrected chi connectivity index (χ4v) is 3.95. The maximum atomic E-state index is 12.8. The highest BCUT2D eigenvalue weighted by atomic mass is 32.1. The monoisotopic (exact) mass is 421 g/mol. The largest absolute Gasteiger partial charge is 0.493 e. The van der Waals surface area contributed by atoms with Gasteiger partial charge < -0.3 is 9.47 Å². The van der Waals surface area contributed by atoms with Crippen molar-refractivity contribution in [3.8, 4) is 11.5 Å². The van der Waals surface area contributed by atoms with E-state index in [1.54, 1.807) is 32.4 Å². The Bertz CT molecular complexity index is 1390. The molecule has 4 rings (SSSR count). The molecule has 0 atom stereocenters. The molecule has 0 unspecified atom stereocenters. The Labute approximate surface area is 175 Å². The fourth-order valence-electron chi connectivity index (χ4n) is 3.05. The lowest BCUT2D eigenvalue weighted by atomic mass is 10.1. The van der Waals surface area contributed by atoms with Crippen LogP contribution < -0.4 is 25.1 Å². The van der Waals surface area contributed by atoms with Crippen LogP contribution in [0.15, 0.2) is 52.1 Å². The number of fused-ring (bicyclic) bond motifs is 1. The lowest BCUT2D eigenvalue weighted by Crippen LogP contribution is -2.28. The summed E-state index contributed by atoms with van der Waals surface area (Å²) in [7, 11) is 3.10. The van der Waals surface area contributed by atoms with Crippen molar-refractivity contribution >= 4 is 22.4 Å². The minimum absolute atomic E-state index is 0.191. The average Bonchev–Trinajstić information content (AvgIpc) is 3.04. The molecular formula is C22H19N3O4S. The summed E-state index contributed by atoms with van der Waals surface area (Å²) in [5.41, 5.74) is 2.28. The minimum atomic E-state index is -0.451. The Balaban J connectivity index is 1.75. The summed E-state index contributed by atoms with van der Waals surface area (Å²) in [4.78, 5) is 29.6. The molecule has 0 N–H and O–H groups in total. The Kier molecular flexibility index (Phi) is 5.33. The first kappa shape index (κ1) is 19.8. The Morgan fingerprint density at radius 1 is 1.03 bits per heavy atom. The number of aryl methyl sites for hydroxylation is 1. The third kappa shape index (κ3) is 3.81. The van der Waals surface area contributed by atoms with Gasteiger partial charge in [-0.1, -0.05) is 47.2 Å². The number of thiazole rings is 1. The van der Waals surface area contributed by atoms with E-state index in [9.17, 15) is 9.59 Å². The molecule has 0 aliphatic heterocycles. The zero-order chi connectivity index (χ0) is 21.3. The standard InChI is InChI=1S/C22H19N3O4S/c1-13-4-6-14(7-5-13)12-19-21(27)25-22(30-19)23-20(26)16(24-25)10-15-8-9-17(28-2)18(11-15)29-3/h4-9,11-12H,10H2,1-3H3/b19-12+. The van der Waals surface area contributed by atoms with Crippen molar-refractivity contribution in [2.24, 2.45) is 0 Å². The van der Waals surface area contributed by atoms with E-state index in [1.165, 1.54) is 4.52 Å². The Morgan fingerprint density at radius 3 is 2.47 bits per heavy atom. The van der Waals surface area contributed by atoms with Gasteiger partial charge in [-0.15, -0.1) is 0 Å². The molecular weight excluding hydrogens is 402 g/mol. The van der Waals surface area contributed by atoms with Gasteiger partial charge in [0.15, 0.2) is 11.5 Å². The van der Waals surface area contributed by atoms with Gasteiger partial charge in [0, 0.05) is 6.42 Å². The fraction of sp³-hybridized carbons (Fsp3) is 0.182. The van der Waals surface area contributed by atoms with Crippen LogP contribution in [0.5, 0.6) is 11.5 Å². The molecule has 30 heavy (non-hydrogen) atoms. The SMILES string of the molecule is COc1ccc(Cc2nn3c(=O)/c(=C\c4ccc(C)cc4)sc3nc2=O)cc1OC. The molecule has 4 aromatic rings. The quantitative estimate of drug-likeness (QED) is 0.490. The molecule has 0 aliphatic carbocycles. The summed E-state index contributed by atoms with van der Waals surface area (Å²) in [6.07, 6.45) is 2.00. The van der Waals surface area contributed by atoms with Crippen LogP contribution in [0.1, 0.15) is 22.4 Å². The summed E-state index contributed by atoms with van der Waals surface area (Å²) in [5.74, 6) is 1.15. The van der Waals surface area contributed by atoms with E-state index in [1.807, 2.05) is 37.3 Å². The summed E-state index contributed by atoms with van der Waals surface area (Å²) in [5, 5.41) is 4.29. The highest BCUT2D eigenvalue weighted by Crippen LogP contribution is 2.28. The zero-order valence-corrected chi connectivity index (χ0v) is 17.5. The van der Waals surface area contributed by atoms with Crippen LogP contribution in [0.25, 0.3) is 11.0 Å². The van der Waals surface area contributed by atoms with E-state index in [2.05, 4.69) is 10.1 Å². The second-order valence-electron chi connectivity index (χ2n) is 6.75. The molecule has 0 amide bonds. The van der Waals surface area contributed by atoms with Crippen LogP contribution in [0, 0.1) is 6.92 Å². The predicted molar refractivity (Wildman–Crippen MR) is 116 cm³/mol. The van der Waals surface area contributed by atoms with E-state index >= 15 is 0 Å². The van der Waals surface area contributed by atoms with Gasteiger partial charge in [0.2, 0.25) is 4.96 Å². The highest BCUT2D eigenvalue weighted by molar-refractivity contribution is 7.15. The van der Waals surface area contributed by atoms with Crippen molar-refractivity contribution in [1.82, 2.24) is 14.6 Å². The molecule has 0 radical (unpaired) electrons. The first-order valence-corrected chi connectivity index (χ1v) is 10.0. The summed E-state index contributed by atoms with van der Waals surface area (Å²) in [6, 6.07) is 13.2. The summed E-state index contributed by atoms with van der Waals surface area (Å²) >= 11 is 1.15. The predicted octanol–water partition coefficient (Wildman–Crippen LogP) is 1.98. The number of nitrogens with zero attached hydrogens (tertiary/aromatic N) is 3. The lowest BCUT2D eigenvalue weighted by Gasteiger charge is -2.09. The van der Waals surface area contributed by atoms with Crippen LogP contribution in [0.2, 0.25) is 0 Å². The third-order valence-electron chi connectivity index (χ3n) is 4.64. The zero-order valence-electron chi connectivity index (χ0n) is 16.7. The van der Waals surface area contributed by atoms with Crippen molar-refractivity contribution in [1.29, 1.82) is 0 Å². The molecule has 0 aliphatic rings. The molecule has 152 valence electrons. The molecule has 0 fully saturated rings. The summed E-state index contributed by atoms with van der Waals surface area (Å²) < 4.78 is 12.2. The highest BCUT2D eigenvalue weighted by Gasteiger charge is 2.13. The molecule has 2 aromatic heterocycles. The van der Waals surface area contributed by atoms with Gasteiger partial charge in [-0.2, -0.15) is 14.6 Å². The van der Waals surface area contributed by atoms with E-state index in [4.69, 9.17) is 9.47 Å². The molecule has 2 aromatic carbocycles. The second kappa shape index (κ2) is 8.08. The van der Waals surface area contributed by atoms with E-state index in [0.29, 0.717) is 16.0 Å². The van der Waals surface area contributed by atoms with Gasteiger partial charge in [0.25, 0.3) is 11.1 Å². The van der Waals surface area contributed by atoms with Crippen LogP contribution >= 0.6 is 11.3 Å². The van der Waals surface area contributed by atoms with Crippen molar-refractivity contribution in [3.05, 3.63) is 90.1 Å². The number of rotatable bonds is 5. The number of hydrogen-bond acceptors (Lipinski definition) is 7. The Morgan fingerprint density at radius 2 is 1.77 bits per heavy atom. The molecule has 0 bridgehead atoms. The average molecular weight is 421 g/mol. The molecule has 7 nitrogen and oxygen atoms in total. The van der Waals surface area contributed by atoms with Gasteiger partial charge >= 0.3 is 0 Å². The lowest BCUT2D eigenvalue weighted by molar-refractivity contribution is 0.354. The molecule has 0 saturated heterocycles. The molecule has 0 saturated carbocycles. The van der Waals surface area contributed by atoms with Gasteiger partial charge in [-0.3, -0.25) is 9.59 Å². The van der Waals surface area contributed by atoms with Gasteiger partial charge in [0.1, 0.15) is 5.69 Å². The Hall–Kier alpha value is -3.52. The number of methoxy groups -OCH3 is 2. The van der Waals surface area contributed by atoms with Crippen molar-refractivity contribution < 1.29 is 9.47 Å². The smallest absolute Gasteiger partial charge is 0.296 e. The third-order valence-corrected chi connectivity index (χ3v) is 5.60. The second-order valence-corrected chi connectivity index (χ2v) is 7.76. The topological polar surface area (TPSA) is 82.8 Å². The normalized spacial score (nSPS) is 11.8. The van der Waals surface area contributed by atoms with Crippen molar-refractivity contribution in [2.45, 2.75) is 13.3 Å². The van der Waals surface area contributed by atoms with E-state index < -0.39 is 5.56 Å². The molecule has 0 spiro atoms. The first-order valence-electron chi connectivity index (χ1n) is 9.20. The van der Waals surface area contributed by atoms with E-state index in [-0.39, 0.29) is 22.6 Å². The summed E-state index contributed by atoms with van der Waals surface area (Å²) in [6.45, 7) is 2.00. The molecule has 2 heterocycles. The van der Waals surface area contributed by atoms with Crippen LogP contribution in [-0.4, -0.2) is 28.8 Å². The van der Waals surface area contributed by atoms with Crippen LogP contribution in [-0.2, 0) is 6.42 Å². The number of benzene rings is 2. The first-order chi connectivity index (χ1) is 14.5. The van der Waals surface area contributed by atoms with Gasteiger partial charge in [-0.05, 0) is 36.3 Å². The number of hydrogen-bond donors (Lipinski definition) is 0. The maximum Gasteiger partial charge on any atom is 0.296 e. The number of ether oxygens (including phenoxy) is 2. The van der Waals surface area contributed by atoms with Crippen molar-refractivity contribution in [3.63, 3.8) is 0 Å². The van der Waals surface area contributed by atoms with Crippen LogP contribution in [0.3, 0.4) is 0 Å². The van der Waals surface area contributed by atoms with Gasteiger partial charge in [0.05, 0.1) is 18.8 Å². The molecule has 8 heteroatoms. The minimum Gasteiger partial charge on any atom is -0.493 e. The number of aromatic nitrogens is 3. The van der Waals surface area contributed by atoms with E-state index in [0.717, 1.165) is 28.0 Å².